The fourth-order valence-corrected chi connectivity index (χ4v) is 3.74. The fourth-order valence-electron chi connectivity index (χ4n) is 3.74. The smallest absolute Gasteiger partial charge is 0.0633 e. The molecule has 19 heavy (non-hydrogen) atoms. The quantitative estimate of drug-likeness (QED) is 0.787. The molecule has 0 radical (unpaired) electrons. The fraction of sp³-hybridized carbons (Fsp3) is 0.625. The number of para-hydroxylation sites is 1. The van der Waals surface area contributed by atoms with Crippen LogP contribution in [-0.4, -0.2) is 36.6 Å². The highest BCUT2D eigenvalue weighted by molar-refractivity contribution is 5.72. The van der Waals surface area contributed by atoms with Gasteiger partial charge in [0.2, 0.25) is 0 Å². The summed E-state index contributed by atoms with van der Waals surface area (Å²) in [6.07, 6.45) is 4.09. The highest BCUT2D eigenvalue weighted by Gasteiger charge is 2.33. The van der Waals surface area contributed by atoms with E-state index in [4.69, 9.17) is 5.73 Å². The predicted octanol–water partition coefficient (Wildman–Crippen LogP) is 2.64. The second-order valence-corrected chi connectivity index (χ2v) is 6.16. The maximum atomic E-state index is 6.23. The van der Waals surface area contributed by atoms with Crippen LogP contribution in [0.25, 0.3) is 0 Å². The van der Waals surface area contributed by atoms with E-state index in [0.29, 0.717) is 6.04 Å². The summed E-state index contributed by atoms with van der Waals surface area (Å²) in [5.41, 5.74) is 9.72. The first-order chi connectivity index (χ1) is 9.16. The molecule has 0 saturated carbocycles. The van der Waals surface area contributed by atoms with Crippen molar-refractivity contribution in [3.05, 3.63) is 23.8 Å². The molecule has 3 heteroatoms. The van der Waals surface area contributed by atoms with Crippen molar-refractivity contribution in [1.29, 1.82) is 0 Å². The number of aryl methyl sites for hydroxylation is 1. The summed E-state index contributed by atoms with van der Waals surface area (Å²) in [6.45, 7) is 8.10. The third kappa shape index (κ3) is 2.32. The number of piperidine rings is 1. The van der Waals surface area contributed by atoms with Gasteiger partial charge in [-0.05, 0) is 44.9 Å². The predicted molar refractivity (Wildman–Crippen MR) is 81.6 cm³/mol. The molecular formula is C16H25N3. The molecule has 2 atom stereocenters. The van der Waals surface area contributed by atoms with Gasteiger partial charge in [0.25, 0.3) is 0 Å². The summed E-state index contributed by atoms with van der Waals surface area (Å²) >= 11 is 0. The average Bonchev–Trinajstić information content (AvgIpc) is 2.39. The standard InChI is InChI=1S/C16H25N3/c1-12-6-5-8-15(17)16(12)19-11-14-7-3-4-9-18(14)10-13(19)2/h5-6,8,13-14H,3-4,7,9-11,17H2,1-2H3. The van der Waals surface area contributed by atoms with Crippen LogP contribution >= 0.6 is 0 Å². The number of fused-ring (bicyclic) bond motifs is 1. The van der Waals surface area contributed by atoms with Gasteiger partial charge in [0, 0.05) is 25.2 Å². The van der Waals surface area contributed by atoms with Crippen LogP contribution in [0.1, 0.15) is 31.7 Å². The van der Waals surface area contributed by atoms with Gasteiger partial charge in [-0.2, -0.15) is 0 Å². The molecule has 1 aromatic carbocycles. The third-order valence-corrected chi connectivity index (χ3v) is 4.74. The highest BCUT2D eigenvalue weighted by Crippen LogP contribution is 2.33. The van der Waals surface area contributed by atoms with Crippen molar-refractivity contribution >= 4 is 11.4 Å². The summed E-state index contributed by atoms with van der Waals surface area (Å²) in [6, 6.07) is 7.53. The van der Waals surface area contributed by atoms with E-state index in [9.17, 15) is 0 Å². The van der Waals surface area contributed by atoms with Crippen LogP contribution in [-0.2, 0) is 0 Å². The van der Waals surface area contributed by atoms with Crippen LogP contribution < -0.4 is 10.6 Å². The van der Waals surface area contributed by atoms with E-state index in [1.807, 2.05) is 6.07 Å². The monoisotopic (exact) mass is 259 g/mol. The minimum Gasteiger partial charge on any atom is -0.397 e. The lowest BCUT2D eigenvalue weighted by Crippen LogP contribution is -2.59. The zero-order chi connectivity index (χ0) is 13.4. The lowest BCUT2D eigenvalue weighted by atomic mass is 9.96. The molecule has 0 aliphatic carbocycles. The Morgan fingerprint density at radius 2 is 2.05 bits per heavy atom. The van der Waals surface area contributed by atoms with Gasteiger partial charge in [-0.3, -0.25) is 4.90 Å². The van der Waals surface area contributed by atoms with Crippen molar-refractivity contribution in [2.75, 3.05) is 30.3 Å². The Bertz CT molecular complexity index is 437. The van der Waals surface area contributed by atoms with Crippen molar-refractivity contribution in [2.24, 2.45) is 0 Å². The number of nitrogens with two attached hydrogens (primary N) is 1. The van der Waals surface area contributed by atoms with Crippen LogP contribution in [0.5, 0.6) is 0 Å². The SMILES string of the molecule is Cc1cccc(N)c1N1CC2CCCCN2CC1C. The molecule has 3 rings (SSSR count). The normalized spacial score (nSPS) is 28.2. The largest absolute Gasteiger partial charge is 0.397 e. The molecule has 2 unspecified atom stereocenters. The maximum Gasteiger partial charge on any atom is 0.0633 e. The van der Waals surface area contributed by atoms with E-state index < -0.39 is 0 Å². The first kappa shape index (κ1) is 12.8. The van der Waals surface area contributed by atoms with E-state index in [1.54, 1.807) is 0 Å². The van der Waals surface area contributed by atoms with Crippen LogP contribution in [0.4, 0.5) is 11.4 Å². The van der Waals surface area contributed by atoms with Gasteiger partial charge in [-0.15, -0.1) is 0 Å². The molecule has 0 aromatic heterocycles. The molecule has 2 fully saturated rings. The highest BCUT2D eigenvalue weighted by atomic mass is 15.3. The molecule has 2 aliphatic heterocycles. The number of rotatable bonds is 1. The molecule has 0 amide bonds. The number of benzene rings is 1. The molecule has 0 spiro atoms. The second-order valence-electron chi connectivity index (χ2n) is 6.16. The third-order valence-electron chi connectivity index (χ3n) is 4.74. The van der Waals surface area contributed by atoms with E-state index in [1.165, 1.54) is 43.6 Å². The topological polar surface area (TPSA) is 32.5 Å². The lowest BCUT2D eigenvalue weighted by molar-refractivity contribution is 0.115. The van der Waals surface area contributed by atoms with E-state index in [2.05, 4.69) is 35.8 Å². The Kier molecular flexibility index (Phi) is 3.40. The van der Waals surface area contributed by atoms with Crippen molar-refractivity contribution in [3.8, 4) is 0 Å². The molecular weight excluding hydrogens is 234 g/mol. The molecule has 2 aliphatic rings. The van der Waals surface area contributed by atoms with Gasteiger partial charge >= 0.3 is 0 Å². The van der Waals surface area contributed by atoms with Gasteiger partial charge in [-0.25, -0.2) is 0 Å². The number of anilines is 2. The summed E-state index contributed by atoms with van der Waals surface area (Å²) in [5, 5.41) is 0. The minimum absolute atomic E-state index is 0.553. The molecule has 104 valence electrons. The van der Waals surface area contributed by atoms with Gasteiger partial charge in [-0.1, -0.05) is 18.6 Å². The summed E-state index contributed by atoms with van der Waals surface area (Å²) < 4.78 is 0. The molecule has 2 N–H and O–H groups in total. The number of piperazine rings is 1. The van der Waals surface area contributed by atoms with Crippen molar-refractivity contribution < 1.29 is 0 Å². The zero-order valence-electron chi connectivity index (χ0n) is 12.1. The Balaban J connectivity index is 1.88. The Hall–Kier alpha value is -1.22. The van der Waals surface area contributed by atoms with E-state index in [-0.39, 0.29) is 0 Å². The van der Waals surface area contributed by atoms with Crippen LogP contribution in [0.15, 0.2) is 18.2 Å². The second kappa shape index (κ2) is 5.04. The number of nitrogens with zero attached hydrogens (tertiary/aromatic N) is 2. The van der Waals surface area contributed by atoms with Crippen LogP contribution in [0, 0.1) is 6.92 Å². The first-order valence-corrected chi connectivity index (χ1v) is 7.52. The van der Waals surface area contributed by atoms with E-state index in [0.717, 1.165) is 18.3 Å². The Labute approximate surface area is 116 Å². The Morgan fingerprint density at radius 1 is 1.21 bits per heavy atom. The van der Waals surface area contributed by atoms with Crippen molar-refractivity contribution in [3.63, 3.8) is 0 Å². The summed E-state index contributed by atoms with van der Waals surface area (Å²) in [7, 11) is 0. The van der Waals surface area contributed by atoms with Gasteiger partial charge in [0.1, 0.15) is 0 Å². The zero-order valence-corrected chi connectivity index (χ0v) is 12.1. The van der Waals surface area contributed by atoms with Crippen molar-refractivity contribution in [1.82, 2.24) is 4.90 Å². The average molecular weight is 259 g/mol. The molecule has 2 saturated heterocycles. The first-order valence-electron chi connectivity index (χ1n) is 7.52. The molecule has 0 bridgehead atoms. The minimum atomic E-state index is 0.553. The Morgan fingerprint density at radius 3 is 2.84 bits per heavy atom. The summed E-state index contributed by atoms with van der Waals surface area (Å²) in [4.78, 5) is 5.22. The van der Waals surface area contributed by atoms with Crippen molar-refractivity contribution in [2.45, 2.75) is 45.2 Å². The van der Waals surface area contributed by atoms with Crippen LogP contribution in [0.2, 0.25) is 0 Å². The maximum absolute atomic E-state index is 6.23. The lowest BCUT2D eigenvalue weighted by Gasteiger charge is -2.49. The van der Waals surface area contributed by atoms with Gasteiger partial charge < -0.3 is 10.6 Å². The van der Waals surface area contributed by atoms with Gasteiger partial charge in [0.05, 0.1) is 11.4 Å². The van der Waals surface area contributed by atoms with E-state index >= 15 is 0 Å². The molecule has 3 nitrogen and oxygen atoms in total. The number of hydrogen-bond acceptors (Lipinski definition) is 3. The van der Waals surface area contributed by atoms with Crippen LogP contribution in [0.3, 0.4) is 0 Å². The molecule has 2 heterocycles. The number of nitrogen functional groups attached to an aromatic ring is 1. The number of hydrogen-bond donors (Lipinski definition) is 1. The van der Waals surface area contributed by atoms with Gasteiger partial charge in [0.15, 0.2) is 0 Å². The molecule has 1 aromatic rings. The summed E-state index contributed by atoms with van der Waals surface area (Å²) in [5.74, 6) is 0.